The quantitative estimate of drug-likeness (QED) is 0.882. The fourth-order valence-corrected chi connectivity index (χ4v) is 2.14. The van der Waals surface area contributed by atoms with Crippen LogP contribution in [0.25, 0.3) is 6.08 Å². The highest BCUT2D eigenvalue weighted by Crippen LogP contribution is 2.18. The minimum Gasteiger partial charge on any atom is -0.480 e. The lowest BCUT2D eigenvalue weighted by molar-refractivity contribution is -0.139. The number of hydrogen-bond donors (Lipinski definition) is 2. The first kappa shape index (κ1) is 14.7. The lowest BCUT2D eigenvalue weighted by atomic mass is 10.0. The molecule has 18 heavy (non-hydrogen) atoms. The Balaban J connectivity index is 0.00000162. The van der Waals surface area contributed by atoms with Crippen molar-refractivity contribution in [2.45, 2.75) is 18.9 Å². The zero-order valence-electron chi connectivity index (χ0n) is 10.1. The maximum absolute atomic E-state index is 10.8. The van der Waals surface area contributed by atoms with Crippen molar-refractivity contribution in [2.75, 3.05) is 6.54 Å². The molecule has 4 heteroatoms. The topological polar surface area (TPSA) is 49.3 Å². The molecular weight excluding hydrogens is 250 g/mol. The normalized spacial score (nSPS) is 22.9. The second kappa shape index (κ2) is 7.19. The summed E-state index contributed by atoms with van der Waals surface area (Å²) in [5.74, 6) is -0.296. The molecule has 0 aliphatic carbocycles. The lowest BCUT2D eigenvalue weighted by Gasteiger charge is -2.03. The van der Waals surface area contributed by atoms with E-state index in [2.05, 4.69) is 29.6 Å². The Kier molecular flexibility index (Phi) is 5.89. The molecular formula is C14H18ClNO2. The van der Waals surface area contributed by atoms with E-state index >= 15 is 0 Å². The highest BCUT2D eigenvalue weighted by atomic mass is 35.5. The fourth-order valence-electron chi connectivity index (χ4n) is 2.14. The van der Waals surface area contributed by atoms with Crippen LogP contribution >= 0.6 is 12.4 Å². The summed E-state index contributed by atoms with van der Waals surface area (Å²) in [4.78, 5) is 10.8. The van der Waals surface area contributed by atoms with Gasteiger partial charge in [-0.3, -0.25) is 4.79 Å². The average Bonchev–Trinajstić information content (AvgIpc) is 2.79. The van der Waals surface area contributed by atoms with Crippen LogP contribution in [0.15, 0.2) is 36.4 Å². The van der Waals surface area contributed by atoms with E-state index in [-0.39, 0.29) is 18.4 Å². The molecule has 2 atom stereocenters. The van der Waals surface area contributed by atoms with E-state index in [1.165, 1.54) is 5.56 Å². The van der Waals surface area contributed by atoms with Gasteiger partial charge in [0.1, 0.15) is 6.04 Å². The zero-order valence-corrected chi connectivity index (χ0v) is 10.9. The molecule has 1 aliphatic rings. The molecule has 1 saturated heterocycles. The van der Waals surface area contributed by atoms with Crippen molar-refractivity contribution in [3.05, 3.63) is 42.0 Å². The van der Waals surface area contributed by atoms with Gasteiger partial charge >= 0.3 is 5.97 Å². The van der Waals surface area contributed by atoms with Crippen LogP contribution in [0.3, 0.4) is 0 Å². The highest BCUT2D eigenvalue weighted by Gasteiger charge is 2.27. The molecule has 2 unspecified atom stereocenters. The number of carboxylic acid groups (broad SMARTS) is 1. The van der Waals surface area contributed by atoms with Gasteiger partial charge in [0, 0.05) is 0 Å². The third-order valence-corrected chi connectivity index (χ3v) is 3.10. The number of carboxylic acids is 1. The van der Waals surface area contributed by atoms with Gasteiger partial charge in [-0.05, 0) is 30.9 Å². The molecule has 1 heterocycles. The van der Waals surface area contributed by atoms with E-state index in [4.69, 9.17) is 5.11 Å². The van der Waals surface area contributed by atoms with Crippen molar-refractivity contribution in [2.24, 2.45) is 5.92 Å². The summed E-state index contributed by atoms with van der Waals surface area (Å²) in [6, 6.07) is 9.78. The van der Waals surface area contributed by atoms with Crippen molar-refractivity contribution in [3.63, 3.8) is 0 Å². The fraction of sp³-hybridized carbons (Fsp3) is 0.357. The second-order valence-electron chi connectivity index (χ2n) is 4.45. The Labute approximate surface area is 113 Å². The predicted molar refractivity (Wildman–Crippen MR) is 74.9 cm³/mol. The molecule has 1 aromatic rings. The third-order valence-electron chi connectivity index (χ3n) is 3.10. The van der Waals surface area contributed by atoms with Gasteiger partial charge in [0.25, 0.3) is 0 Å². The molecule has 98 valence electrons. The SMILES string of the molecule is Cl.O=C(O)C1CC(CC=Cc2ccccc2)CN1. The van der Waals surface area contributed by atoms with Crippen molar-refractivity contribution in [3.8, 4) is 0 Å². The van der Waals surface area contributed by atoms with Crippen LogP contribution in [0.4, 0.5) is 0 Å². The average molecular weight is 268 g/mol. The maximum Gasteiger partial charge on any atom is 0.320 e. The largest absolute Gasteiger partial charge is 0.480 e. The van der Waals surface area contributed by atoms with E-state index in [0.29, 0.717) is 5.92 Å². The maximum atomic E-state index is 10.8. The summed E-state index contributed by atoms with van der Waals surface area (Å²) in [6.45, 7) is 0.802. The van der Waals surface area contributed by atoms with E-state index < -0.39 is 5.97 Å². The van der Waals surface area contributed by atoms with Gasteiger partial charge in [-0.25, -0.2) is 0 Å². The van der Waals surface area contributed by atoms with Crippen LogP contribution < -0.4 is 5.32 Å². The van der Waals surface area contributed by atoms with Gasteiger partial charge in [-0.1, -0.05) is 42.5 Å². The minimum atomic E-state index is -0.737. The van der Waals surface area contributed by atoms with E-state index in [1.54, 1.807) is 0 Å². The van der Waals surface area contributed by atoms with Gasteiger partial charge in [0.2, 0.25) is 0 Å². The van der Waals surface area contributed by atoms with Crippen molar-refractivity contribution < 1.29 is 9.90 Å². The standard InChI is InChI=1S/C14H17NO2.ClH/c16-14(17)13-9-12(10-15-13)8-4-7-11-5-2-1-3-6-11;/h1-7,12-13,15H,8-10H2,(H,16,17);1H. The molecule has 0 saturated carbocycles. The minimum absolute atomic E-state index is 0. The second-order valence-corrected chi connectivity index (χ2v) is 4.45. The molecule has 1 aliphatic heterocycles. The van der Waals surface area contributed by atoms with E-state index in [1.807, 2.05) is 18.2 Å². The van der Waals surface area contributed by atoms with Crippen molar-refractivity contribution in [1.82, 2.24) is 5.32 Å². The lowest BCUT2D eigenvalue weighted by Crippen LogP contribution is -2.29. The Morgan fingerprint density at radius 3 is 2.72 bits per heavy atom. The molecule has 0 spiro atoms. The van der Waals surface area contributed by atoms with Gasteiger partial charge in [0.15, 0.2) is 0 Å². The molecule has 0 amide bonds. The van der Waals surface area contributed by atoms with Crippen LogP contribution in [0.2, 0.25) is 0 Å². The van der Waals surface area contributed by atoms with Crippen molar-refractivity contribution in [1.29, 1.82) is 0 Å². The number of benzene rings is 1. The van der Waals surface area contributed by atoms with Crippen LogP contribution in [-0.2, 0) is 4.79 Å². The summed E-state index contributed by atoms with van der Waals surface area (Å²) in [5, 5.41) is 11.9. The molecule has 0 radical (unpaired) electrons. The number of aliphatic carboxylic acids is 1. The smallest absolute Gasteiger partial charge is 0.320 e. The number of rotatable bonds is 4. The van der Waals surface area contributed by atoms with Gasteiger partial charge in [-0.2, -0.15) is 0 Å². The Morgan fingerprint density at radius 1 is 1.39 bits per heavy atom. The number of nitrogens with one attached hydrogen (secondary N) is 1. The Hall–Kier alpha value is -1.32. The first-order valence-corrected chi connectivity index (χ1v) is 5.93. The first-order valence-electron chi connectivity index (χ1n) is 5.93. The van der Waals surface area contributed by atoms with Crippen LogP contribution in [-0.4, -0.2) is 23.7 Å². The number of allylic oxidation sites excluding steroid dienone is 1. The third kappa shape index (κ3) is 4.17. The van der Waals surface area contributed by atoms with E-state index in [0.717, 1.165) is 19.4 Å². The summed E-state index contributed by atoms with van der Waals surface area (Å²) >= 11 is 0. The number of halogens is 1. The molecule has 0 aromatic heterocycles. The first-order chi connectivity index (χ1) is 8.25. The Morgan fingerprint density at radius 2 is 2.11 bits per heavy atom. The monoisotopic (exact) mass is 267 g/mol. The zero-order chi connectivity index (χ0) is 12.1. The van der Waals surface area contributed by atoms with Crippen LogP contribution in [0, 0.1) is 5.92 Å². The predicted octanol–water partition coefficient (Wildman–Crippen LogP) is 2.57. The summed E-state index contributed by atoms with van der Waals surface area (Å²) in [5.41, 5.74) is 1.19. The molecule has 3 nitrogen and oxygen atoms in total. The van der Waals surface area contributed by atoms with Gasteiger partial charge in [-0.15, -0.1) is 12.4 Å². The summed E-state index contributed by atoms with van der Waals surface area (Å²) in [7, 11) is 0. The van der Waals surface area contributed by atoms with Crippen LogP contribution in [0.1, 0.15) is 18.4 Å². The number of hydrogen-bond acceptors (Lipinski definition) is 2. The molecule has 1 fully saturated rings. The van der Waals surface area contributed by atoms with E-state index in [9.17, 15) is 4.79 Å². The molecule has 1 aromatic carbocycles. The molecule has 2 rings (SSSR count). The van der Waals surface area contributed by atoms with Gasteiger partial charge < -0.3 is 10.4 Å². The van der Waals surface area contributed by atoms with Gasteiger partial charge in [0.05, 0.1) is 0 Å². The van der Waals surface area contributed by atoms with Crippen LogP contribution in [0.5, 0.6) is 0 Å². The Bertz CT molecular complexity index is 406. The highest BCUT2D eigenvalue weighted by molar-refractivity contribution is 5.85. The summed E-state index contributed by atoms with van der Waals surface area (Å²) in [6.07, 6.45) is 5.89. The summed E-state index contributed by atoms with van der Waals surface area (Å²) < 4.78 is 0. The molecule has 0 bridgehead atoms. The number of carbonyl (C=O) groups is 1. The van der Waals surface area contributed by atoms with Crippen molar-refractivity contribution >= 4 is 24.5 Å². The molecule has 2 N–H and O–H groups in total.